The first-order valence-corrected chi connectivity index (χ1v) is 10.6. The Kier molecular flexibility index (Phi) is 6.38. The fraction of sp³-hybridized carbons (Fsp3) is 0.267. The highest BCUT2D eigenvalue weighted by Gasteiger charge is 2.13. The number of hydrogen-bond donors (Lipinski definition) is 0. The van der Waals surface area contributed by atoms with Crippen molar-refractivity contribution in [3.05, 3.63) is 106 Å². The van der Waals surface area contributed by atoms with E-state index < -0.39 is 0 Å². The lowest BCUT2D eigenvalue weighted by molar-refractivity contribution is 0.590. The van der Waals surface area contributed by atoms with Gasteiger partial charge < -0.3 is 0 Å². The van der Waals surface area contributed by atoms with E-state index in [-0.39, 0.29) is 16.6 Å². The normalized spacial score (nSPS) is 11.2. The first kappa shape index (κ1) is 22.4. The van der Waals surface area contributed by atoms with E-state index in [1.165, 1.54) is 17.2 Å². The van der Waals surface area contributed by atoms with E-state index in [1.54, 1.807) is 6.07 Å². The van der Waals surface area contributed by atoms with Crippen LogP contribution in [-0.4, -0.2) is 0 Å². The lowest BCUT2D eigenvalue weighted by Crippen LogP contribution is -2.10. The maximum Gasteiger partial charge on any atom is 0.140 e. The van der Waals surface area contributed by atoms with Crippen molar-refractivity contribution in [2.75, 3.05) is 0 Å². The van der Waals surface area contributed by atoms with Gasteiger partial charge in [0, 0.05) is 16.7 Å². The average molecular weight is 409 g/mol. The highest BCUT2D eigenvalue weighted by Crippen LogP contribution is 2.23. The Morgan fingerprint density at radius 2 is 0.903 bits per heavy atom. The zero-order chi connectivity index (χ0) is 22.6. The van der Waals surface area contributed by atoms with Crippen LogP contribution in [0.4, 0.5) is 4.39 Å². The van der Waals surface area contributed by atoms with Crippen LogP contribution in [0.1, 0.15) is 74.9 Å². The third-order valence-corrected chi connectivity index (χ3v) is 5.16. The van der Waals surface area contributed by atoms with Gasteiger partial charge in [0.15, 0.2) is 0 Å². The van der Waals surface area contributed by atoms with Gasteiger partial charge in [-0.2, -0.15) is 0 Å². The Morgan fingerprint density at radius 3 is 1.32 bits per heavy atom. The zero-order valence-electron chi connectivity index (χ0n) is 19.2. The molecule has 0 aliphatic rings. The van der Waals surface area contributed by atoms with Gasteiger partial charge in [-0.1, -0.05) is 89.5 Å². The highest BCUT2D eigenvalue weighted by atomic mass is 19.1. The first-order valence-electron chi connectivity index (χ1n) is 10.6. The van der Waals surface area contributed by atoms with E-state index in [0.717, 1.165) is 11.1 Å². The molecule has 0 spiro atoms. The van der Waals surface area contributed by atoms with E-state index in [4.69, 9.17) is 0 Å². The SMILES string of the molecule is CC(C)(C)c1ccc(C#Cc2ccc(C#Cc3ccc(C(C)(C)C)cc3)c(F)c2)cc1. The summed E-state index contributed by atoms with van der Waals surface area (Å²) in [7, 11) is 0. The van der Waals surface area contributed by atoms with Gasteiger partial charge in [0.1, 0.15) is 5.82 Å². The maximum atomic E-state index is 14.5. The molecule has 0 aromatic heterocycles. The van der Waals surface area contributed by atoms with Crippen LogP contribution in [0, 0.1) is 29.5 Å². The molecule has 0 radical (unpaired) electrons. The lowest BCUT2D eigenvalue weighted by atomic mass is 9.87. The van der Waals surface area contributed by atoms with Crippen molar-refractivity contribution in [2.45, 2.75) is 52.4 Å². The van der Waals surface area contributed by atoms with Gasteiger partial charge in [0.2, 0.25) is 0 Å². The second kappa shape index (κ2) is 8.83. The Balaban J connectivity index is 1.75. The molecule has 156 valence electrons. The van der Waals surface area contributed by atoms with E-state index in [2.05, 4.69) is 89.5 Å². The van der Waals surface area contributed by atoms with E-state index in [1.807, 2.05) is 30.3 Å². The van der Waals surface area contributed by atoms with Gasteiger partial charge in [0.25, 0.3) is 0 Å². The van der Waals surface area contributed by atoms with Crippen LogP contribution in [-0.2, 0) is 10.8 Å². The standard InChI is InChI=1S/C30H29F/c1-29(2,3)26-17-11-22(12-18-26)7-8-24-10-16-25(28(31)21-24)15-9-23-13-19-27(20-14-23)30(4,5)6/h10-14,16-21H,1-6H3. The van der Waals surface area contributed by atoms with Gasteiger partial charge >= 0.3 is 0 Å². The van der Waals surface area contributed by atoms with E-state index in [0.29, 0.717) is 11.1 Å². The molecule has 0 atom stereocenters. The first-order chi connectivity index (χ1) is 14.5. The van der Waals surface area contributed by atoms with Gasteiger partial charge in [-0.3, -0.25) is 0 Å². The van der Waals surface area contributed by atoms with Gasteiger partial charge in [-0.25, -0.2) is 4.39 Å². The van der Waals surface area contributed by atoms with Crippen LogP contribution >= 0.6 is 0 Å². The minimum Gasteiger partial charge on any atom is -0.206 e. The van der Waals surface area contributed by atoms with Crippen molar-refractivity contribution in [3.8, 4) is 23.7 Å². The molecule has 0 N–H and O–H groups in total. The van der Waals surface area contributed by atoms with Crippen LogP contribution in [0.25, 0.3) is 0 Å². The van der Waals surface area contributed by atoms with Crippen LogP contribution in [0.3, 0.4) is 0 Å². The molecular formula is C30H29F. The zero-order valence-corrected chi connectivity index (χ0v) is 19.2. The molecule has 0 nitrogen and oxygen atoms in total. The van der Waals surface area contributed by atoms with Crippen molar-refractivity contribution in [3.63, 3.8) is 0 Å². The third kappa shape index (κ3) is 6.10. The number of rotatable bonds is 0. The van der Waals surface area contributed by atoms with E-state index >= 15 is 0 Å². The molecule has 0 unspecified atom stereocenters. The average Bonchev–Trinajstić information content (AvgIpc) is 2.71. The fourth-order valence-corrected chi connectivity index (χ4v) is 3.09. The minimum atomic E-state index is -0.353. The monoisotopic (exact) mass is 408 g/mol. The largest absolute Gasteiger partial charge is 0.206 e. The molecular weight excluding hydrogens is 379 g/mol. The quantitative estimate of drug-likeness (QED) is 0.344. The summed E-state index contributed by atoms with van der Waals surface area (Å²) in [6.45, 7) is 13.1. The smallest absolute Gasteiger partial charge is 0.140 e. The number of halogens is 1. The summed E-state index contributed by atoms with van der Waals surface area (Å²) < 4.78 is 14.5. The summed E-state index contributed by atoms with van der Waals surface area (Å²) in [5, 5.41) is 0. The molecule has 3 aromatic rings. The topological polar surface area (TPSA) is 0 Å². The molecule has 0 amide bonds. The number of hydrogen-bond acceptors (Lipinski definition) is 0. The molecule has 0 aliphatic carbocycles. The van der Waals surface area contributed by atoms with Crippen LogP contribution in [0.5, 0.6) is 0 Å². The Labute approximate surface area is 186 Å². The predicted molar refractivity (Wildman–Crippen MR) is 129 cm³/mol. The summed E-state index contributed by atoms with van der Waals surface area (Å²) in [4.78, 5) is 0. The Hall–Kier alpha value is -3.29. The molecule has 0 aliphatic heterocycles. The summed E-state index contributed by atoms with van der Waals surface area (Å²) in [5.74, 6) is 11.8. The maximum absolute atomic E-state index is 14.5. The molecule has 3 aromatic carbocycles. The molecule has 1 heteroatoms. The molecule has 0 fully saturated rings. The van der Waals surface area contributed by atoms with Gasteiger partial charge in [0.05, 0.1) is 5.56 Å². The Bertz CT molecular complexity index is 1170. The third-order valence-electron chi connectivity index (χ3n) is 5.16. The molecule has 31 heavy (non-hydrogen) atoms. The molecule has 0 heterocycles. The second-order valence-electron chi connectivity index (χ2n) is 9.85. The van der Waals surface area contributed by atoms with Crippen molar-refractivity contribution >= 4 is 0 Å². The summed E-state index contributed by atoms with van der Waals surface area (Å²) >= 11 is 0. The summed E-state index contributed by atoms with van der Waals surface area (Å²) in [5.41, 5.74) is 5.52. The van der Waals surface area contributed by atoms with E-state index in [9.17, 15) is 4.39 Å². The van der Waals surface area contributed by atoms with Crippen molar-refractivity contribution < 1.29 is 4.39 Å². The fourth-order valence-electron chi connectivity index (χ4n) is 3.09. The molecule has 0 saturated heterocycles. The van der Waals surface area contributed by atoms with Crippen LogP contribution in [0.15, 0.2) is 66.7 Å². The molecule has 0 bridgehead atoms. The van der Waals surface area contributed by atoms with Gasteiger partial charge in [-0.05, 0) is 64.4 Å². The minimum absolute atomic E-state index is 0.101. The summed E-state index contributed by atoms with van der Waals surface area (Å²) in [6, 6.07) is 21.3. The molecule has 3 rings (SSSR count). The van der Waals surface area contributed by atoms with Crippen molar-refractivity contribution in [1.82, 2.24) is 0 Å². The summed E-state index contributed by atoms with van der Waals surface area (Å²) in [6.07, 6.45) is 0. The molecule has 0 saturated carbocycles. The second-order valence-corrected chi connectivity index (χ2v) is 9.85. The van der Waals surface area contributed by atoms with Crippen LogP contribution in [0.2, 0.25) is 0 Å². The van der Waals surface area contributed by atoms with Gasteiger partial charge in [-0.15, -0.1) is 0 Å². The van der Waals surface area contributed by atoms with Crippen molar-refractivity contribution in [2.24, 2.45) is 0 Å². The van der Waals surface area contributed by atoms with Crippen LogP contribution < -0.4 is 0 Å². The Morgan fingerprint density at radius 1 is 0.516 bits per heavy atom. The number of benzene rings is 3. The highest BCUT2D eigenvalue weighted by molar-refractivity contribution is 5.49. The van der Waals surface area contributed by atoms with Crippen molar-refractivity contribution in [1.29, 1.82) is 0 Å². The lowest BCUT2D eigenvalue weighted by Gasteiger charge is -2.18. The predicted octanol–water partition coefficient (Wildman–Crippen LogP) is 7.22.